The number of nitrogens with two attached hydrogens (primary N) is 1. The van der Waals surface area contributed by atoms with Gasteiger partial charge in [-0.05, 0) is 38.5 Å². The van der Waals surface area contributed by atoms with E-state index in [-0.39, 0.29) is 11.8 Å². The van der Waals surface area contributed by atoms with Gasteiger partial charge in [0.25, 0.3) is 0 Å². The molecule has 3 unspecified atom stereocenters. The van der Waals surface area contributed by atoms with E-state index in [1.807, 2.05) is 6.92 Å². The quantitative estimate of drug-likeness (QED) is 0.659. The van der Waals surface area contributed by atoms with Crippen molar-refractivity contribution in [2.75, 3.05) is 6.54 Å². The highest BCUT2D eigenvalue weighted by atomic mass is 16.2. The van der Waals surface area contributed by atoms with Crippen LogP contribution in [0.5, 0.6) is 0 Å². The molecule has 20 heavy (non-hydrogen) atoms. The van der Waals surface area contributed by atoms with E-state index in [2.05, 4.69) is 10.6 Å². The normalized spacial score (nSPS) is 23.9. The summed E-state index contributed by atoms with van der Waals surface area (Å²) in [5.41, 5.74) is 5.94. The molecule has 116 valence electrons. The van der Waals surface area contributed by atoms with E-state index in [9.17, 15) is 9.59 Å². The SMILES string of the molecule is CCCNC(=O)C(C)NC(=O)CCC1CCCC(N)C1. The van der Waals surface area contributed by atoms with E-state index in [0.717, 1.165) is 25.7 Å². The standard InChI is InChI=1S/C15H29N3O2/c1-3-9-17-15(20)11(2)18-14(19)8-7-12-5-4-6-13(16)10-12/h11-13H,3-10,16H2,1-2H3,(H,17,20)(H,18,19). The molecule has 3 atom stereocenters. The van der Waals surface area contributed by atoms with Gasteiger partial charge in [0.05, 0.1) is 0 Å². The van der Waals surface area contributed by atoms with Crippen LogP contribution in [0.25, 0.3) is 0 Å². The van der Waals surface area contributed by atoms with Gasteiger partial charge in [-0.1, -0.05) is 19.8 Å². The predicted molar refractivity (Wildman–Crippen MR) is 80.1 cm³/mol. The first kappa shape index (κ1) is 17.0. The highest BCUT2D eigenvalue weighted by Gasteiger charge is 2.21. The van der Waals surface area contributed by atoms with Crippen LogP contribution < -0.4 is 16.4 Å². The van der Waals surface area contributed by atoms with Gasteiger partial charge in [-0.25, -0.2) is 0 Å². The fourth-order valence-corrected chi connectivity index (χ4v) is 2.71. The van der Waals surface area contributed by atoms with E-state index >= 15 is 0 Å². The Hall–Kier alpha value is -1.10. The van der Waals surface area contributed by atoms with Crippen LogP contribution >= 0.6 is 0 Å². The molecule has 1 aliphatic rings. The van der Waals surface area contributed by atoms with Gasteiger partial charge < -0.3 is 16.4 Å². The van der Waals surface area contributed by atoms with Crippen LogP contribution in [0.15, 0.2) is 0 Å². The van der Waals surface area contributed by atoms with Crippen LogP contribution in [-0.4, -0.2) is 30.4 Å². The molecule has 1 saturated carbocycles. The number of hydrogen-bond donors (Lipinski definition) is 3. The minimum Gasteiger partial charge on any atom is -0.354 e. The van der Waals surface area contributed by atoms with E-state index < -0.39 is 6.04 Å². The van der Waals surface area contributed by atoms with Crippen LogP contribution in [0, 0.1) is 5.92 Å². The highest BCUT2D eigenvalue weighted by molar-refractivity contribution is 5.87. The molecule has 0 aliphatic heterocycles. The lowest BCUT2D eigenvalue weighted by Gasteiger charge is -2.26. The van der Waals surface area contributed by atoms with Crippen LogP contribution in [0.3, 0.4) is 0 Å². The largest absolute Gasteiger partial charge is 0.354 e. The summed E-state index contributed by atoms with van der Waals surface area (Å²) in [5, 5.41) is 5.54. The second kappa shape index (κ2) is 8.95. The molecule has 4 N–H and O–H groups in total. The molecule has 1 fully saturated rings. The third-order valence-electron chi connectivity index (χ3n) is 3.92. The Morgan fingerprint density at radius 3 is 2.75 bits per heavy atom. The number of hydrogen-bond acceptors (Lipinski definition) is 3. The second-order valence-corrected chi connectivity index (χ2v) is 5.91. The third-order valence-corrected chi connectivity index (χ3v) is 3.92. The van der Waals surface area contributed by atoms with Crippen molar-refractivity contribution in [3.8, 4) is 0 Å². The molecule has 0 heterocycles. The third kappa shape index (κ3) is 6.37. The fourth-order valence-electron chi connectivity index (χ4n) is 2.71. The summed E-state index contributed by atoms with van der Waals surface area (Å²) >= 11 is 0. The lowest BCUT2D eigenvalue weighted by Crippen LogP contribution is -2.45. The summed E-state index contributed by atoms with van der Waals surface area (Å²) in [6.45, 7) is 4.37. The molecule has 1 rings (SSSR count). The Morgan fingerprint density at radius 2 is 2.10 bits per heavy atom. The van der Waals surface area contributed by atoms with Gasteiger partial charge in [-0.2, -0.15) is 0 Å². The van der Waals surface area contributed by atoms with E-state index in [4.69, 9.17) is 5.73 Å². The number of rotatable bonds is 7. The Bertz CT molecular complexity index is 320. The summed E-state index contributed by atoms with van der Waals surface area (Å²) in [4.78, 5) is 23.5. The van der Waals surface area contributed by atoms with Gasteiger partial charge in [0.1, 0.15) is 6.04 Å². The van der Waals surface area contributed by atoms with Crippen molar-refractivity contribution >= 4 is 11.8 Å². The lowest BCUT2D eigenvalue weighted by atomic mass is 9.83. The van der Waals surface area contributed by atoms with Crippen molar-refractivity contribution in [3.63, 3.8) is 0 Å². The number of amides is 2. The Balaban J connectivity index is 2.20. The fraction of sp³-hybridized carbons (Fsp3) is 0.867. The molecule has 5 nitrogen and oxygen atoms in total. The molecular formula is C15H29N3O2. The maximum absolute atomic E-state index is 11.8. The zero-order valence-corrected chi connectivity index (χ0v) is 12.8. The highest BCUT2D eigenvalue weighted by Crippen LogP contribution is 2.26. The molecular weight excluding hydrogens is 254 g/mol. The zero-order valence-electron chi connectivity index (χ0n) is 12.8. The maximum atomic E-state index is 11.8. The molecule has 0 aromatic carbocycles. The second-order valence-electron chi connectivity index (χ2n) is 5.91. The van der Waals surface area contributed by atoms with Crippen LogP contribution in [0.2, 0.25) is 0 Å². The van der Waals surface area contributed by atoms with E-state index in [1.54, 1.807) is 6.92 Å². The predicted octanol–water partition coefficient (Wildman–Crippen LogP) is 1.31. The lowest BCUT2D eigenvalue weighted by molar-refractivity contribution is -0.128. The number of nitrogens with one attached hydrogen (secondary N) is 2. The van der Waals surface area contributed by atoms with Crippen molar-refractivity contribution in [2.45, 2.75) is 70.9 Å². The van der Waals surface area contributed by atoms with Gasteiger partial charge in [0.15, 0.2) is 0 Å². The summed E-state index contributed by atoms with van der Waals surface area (Å²) in [7, 11) is 0. The Kier molecular flexibility index (Phi) is 7.59. The maximum Gasteiger partial charge on any atom is 0.242 e. The molecule has 0 aromatic rings. The van der Waals surface area contributed by atoms with E-state index in [0.29, 0.717) is 24.9 Å². The molecule has 0 radical (unpaired) electrons. The van der Waals surface area contributed by atoms with Crippen molar-refractivity contribution in [1.82, 2.24) is 10.6 Å². The van der Waals surface area contributed by atoms with Gasteiger partial charge in [-0.15, -0.1) is 0 Å². The molecule has 0 aromatic heterocycles. The molecule has 5 heteroatoms. The van der Waals surface area contributed by atoms with Gasteiger partial charge >= 0.3 is 0 Å². The molecule has 0 bridgehead atoms. The Labute approximate surface area is 122 Å². The van der Waals surface area contributed by atoms with E-state index in [1.165, 1.54) is 12.8 Å². The van der Waals surface area contributed by atoms with Gasteiger partial charge in [-0.3, -0.25) is 9.59 Å². The number of carbonyl (C=O) groups is 2. The smallest absolute Gasteiger partial charge is 0.242 e. The minimum absolute atomic E-state index is 0.0386. The Morgan fingerprint density at radius 1 is 1.35 bits per heavy atom. The van der Waals surface area contributed by atoms with Gasteiger partial charge in [0, 0.05) is 19.0 Å². The first-order valence-electron chi connectivity index (χ1n) is 7.85. The first-order chi connectivity index (χ1) is 9.52. The van der Waals surface area contributed by atoms with Crippen molar-refractivity contribution < 1.29 is 9.59 Å². The summed E-state index contributed by atoms with van der Waals surface area (Å²) in [6.07, 6.45) is 6.74. The topological polar surface area (TPSA) is 84.2 Å². The summed E-state index contributed by atoms with van der Waals surface area (Å²) < 4.78 is 0. The zero-order chi connectivity index (χ0) is 15.0. The first-order valence-corrected chi connectivity index (χ1v) is 7.85. The molecule has 1 aliphatic carbocycles. The monoisotopic (exact) mass is 283 g/mol. The minimum atomic E-state index is -0.456. The summed E-state index contributed by atoms with van der Waals surface area (Å²) in [6, 6.07) is -0.154. The molecule has 2 amide bonds. The van der Waals surface area contributed by atoms with Crippen LogP contribution in [0.1, 0.15) is 58.8 Å². The average Bonchev–Trinajstić information content (AvgIpc) is 2.42. The van der Waals surface area contributed by atoms with Gasteiger partial charge in [0.2, 0.25) is 11.8 Å². The molecule has 0 saturated heterocycles. The molecule has 0 spiro atoms. The average molecular weight is 283 g/mol. The summed E-state index contributed by atoms with van der Waals surface area (Å²) in [5.74, 6) is 0.414. The van der Waals surface area contributed by atoms with Crippen LogP contribution in [0.4, 0.5) is 0 Å². The van der Waals surface area contributed by atoms with Crippen LogP contribution in [-0.2, 0) is 9.59 Å². The van der Waals surface area contributed by atoms with Crippen molar-refractivity contribution in [2.24, 2.45) is 11.7 Å². The van der Waals surface area contributed by atoms with Crippen molar-refractivity contribution in [1.29, 1.82) is 0 Å². The number of carbonyl (C=O) groups excluding carboxylic acids is 2. The van der Waals surface area contributed by atoms with Crippen molar-refractivity contribution in [3.05, 3.63) is 0 Å².